The number of carbonyl (C=O) groups excluding carboxylic acids is 1. The second-order valence-electron chi connectivity index (χ2n) is 10.7. The van der Waals surface area contributed by atoms with Crippen LogP contribution in [0.5, 0.6) is 5.75 Å². The molecule has 186 valence electrons. The van der Waals surface area contributed by atoms with Crippen LogP contribution in [0.1, 0.15) is 51.9 Å². The van der Waals surface area contributed by atoms with Crippen molar-refractivity contribution < 1.29 is 22.7 Å². The monoisotopic (exact) mass is 477 g/mol. The molecule has 1 aromatic carbocycles. The van der Waals surface area contributed by atoms with Crippen LogP contribution in [0.4, 0.5) is 18.9 Å². The minimum absolute atomic E-state index is 0.162. The number of anilines is 1. The molecule has 0 unspecified atom stereocenters. The van der Waals surface area contributed by atoms with Gasteiger partial charge in [0.1, 0.15) is 5.75 Å². The topological polar surface area (TPSA) is 57.4 Å². The van der Waals surface area contributed by atoms with Crippen LogP contribution < -0.4 is 10.1 Å². The van der Waals surface area contributed by atoms with E-state index in [9.17, 15) is 18.0 Å². The van der Waals surface area contributed by atoms with Crippen LogP contribution in [0.15, 0.2) is 24.4 Å². The van der Waals surface area contributed by atoms with E-state index >= 15 is 0 Å². The van der Waals surface area contributed by atoms with Crippen molar-refractivity contribution in [3.63, 3.8) is 0 Å². The summed E-state index contributed by atoms with van der Waals surface area (Å²) in [6.45, 7) is 3.24. The van der Waals surface area contributed by atoms with Crippen molar-refractivity contribution in [3.05, 3.63) is 24.4 Å². The molecule has 1 spiro atoms. The van der Waals surface area contributed by atoms with Gasteiger partial charge < -0.3 is 15.0 Å². The van der Waals surface area contributed by atoms with Gasteiger partial charge in [-0.3, -0.25) is 9.69 Å². The number of nitrogens with one attached hydrogen (secondary N) is 2. The van der Waals surface area contributed by atoms with Gasteiger partial charge in [0.05, 0.1) is 18.8 Å². The van der Waals surface area contributed by atoms with Gasteiger partial charge in [0, 0.05) is 36.1 Å². The van der Waals surface area contributed by atoms with Crippen molar-refractivity contribution in [2.45, 2.75) is 58.0 Å². The number of carbonyl (C=O) groups is 1. The Morgan fingerprint density at radius 1 is 1.21 bits per heavy atom. The molecule has 4 aliphatic rings. The third-order valence-corrected chi connectivity index (χ3v) is 8.11. The lowest BCUT2D eigenvalue weighted by Gasteiger charge is -2.34. The first-order valence-electron chi connectivity index (χ1n) is 12.6. The molecule has 2 aromatic rings. The molecule has 5 nitrogen and oxygen atoms in total. The number of hydrogen-bond donors (Lipinski definition) is 2. The van der Waals surface area contributed by atoms with Crippen LogP contribution in [0.25, 0.3) is 10.9 Å². The average Bonchev–Trinajstić information content (AvgIpc) is 3.08. The molecule has 3 saturated carbocycles. The SMILES string of the molecule is CCOc1ccc2[nH]cc(NC(=O)C3CC4(CC4)C3)c2c1.FC(F)(F)CN1C[C@H]2CCC[C@H]2C1. The van der Waals surface area contributed by atoms with E-state index in [4.69, 9.17) is 4.74 Å². The lowest BCUT2D eigenvalue weighted by Crippen LogP contribution is -2.35. The number of likely N-dealkylation sites (tertiary alicyclic amines) is 1. The van der Waals surface area contributed by atoms with Gasteiger partial charge >= 0.3 is 6.18 Å². The highest BCUT2D eigenvalue weighted by Gasteiger charge is 2.55. The number of aromatic amines is 1. The molecule has 2 N–H and O–H groups in total. The molecule has 1 amide bonds. The van der Waals surface area contributed by atoms with Crippen molar-refractivity contribution in [2.24, 2.45) is 23.2 Å². The minimum Gasteiger partial charge on any atom is -0.494 e. The summed E-state index contributed by atoms with van der Waals surface area (Å²) in [5, 5.41) is 4.09. The molecule has 8 heteroatoms. The quantitative estimate of drug-likeness (QED) is 0.557. The Morgan fingerprint density at radius 2 is 1.91 bits per heavy atom. The van der Waals surface area contributed by atoms with Gasteiger partial charge in [0.2, 0.25) is 5.91 Å². The zero-order chi connectivity index (χ0) is 23.9. The normalized spacial score (nSPS) is 25.5. The largest absolute Gasteiger partial charge is 0.494 e. The molecule has 1 aliphatic heterocycles. The van der Waals surface area contributed by atoms with Crippen molar-refractivity contribution in [1.82, 2.24) is 9.88 Å². The Morgan fingerprint density at radius 3 is 2.53 bits per heavy atom. The summed E-state index contributed by atoms with van der Waals surface area (Å²) < 4.78 is 41.7. The lowest BCUT2D eigenvalue weighted by atomic mass is 9.71. The van der Waals surface area contributed by atoms with Gasteiger partial charge in [0.15, 0.2) is 0 Å². The first kappa shape index (κ1) is 23.5. The highest BCUT2D eigenvalue weighted by Crippen LogP contribution is 2.63. The molecule has 1 saturated heterocycles. The third kappa shape index (κ3) is 5.21. The summed E-state index contributed by atoms with van der Waals surface area (Å²) in [7, 11) is 0. The number of benzene rings is 1. The number of ether oxygens (including phenoxy) is 1. The summed E-state index contributed by atoms with van der Waals surface area (Å²) in [5.74, 6) is 2.31. The minimum atomic E-state index is -4.02. The Balaban J connectivity index is 0.000000159. The third-order valence-electron chi connectivity index (χ3n) is 8.11. The van der Waals surface area contributed by atoms with Crippen molar-refractivity contribution in [1.29, 1.82) is 0 Å². The van der Waals surface area contributed by atoms with Gasteiger partial charge in [-0.05, 0) is 80.9 Å². The Bertz CT molecular complexity index is 1010. The van der Waals surface area contributed by atoms with Crippen LogP contribution in [-0.4, -0.2) is 48.2 Å². The molecular weight excluding hydrogens is 443 g/mol. The number of aromatic nitrogens is 1. The van der Waals surface area contributed by atoms with E-state index < -0.39 is 12.7 Å². The Hall–Kier alpha value is -2.22. The highest BCUT2D eigenvalue weighted by atomic mass is 19.4. The zero-order valence-corrected chi connectivity index (χ0v) is 19.7. The molecule has 6 rings (SSSR count). The summed E-state index contributed by atoms with van der Waals surface area (Å²) in [6.07, 6.45) is 6.13. The summed E-state index contributed by atoms with van der Waals surface area (Å²) >= 11 is 0. The van der Waals surface area contributed by atoms with Crippen LogP contribution in [0.2, 0.25) is 0 Å². The molecule has 0 radical (unpaired) electrons. The van der Waals surface area contributed by atoms with E-state index in [1.165, 1.54) is 19.3 Å². The second-order valence-corrected chi connectivity index (χ2v) is 10.7. The number of rotatable bonds is 5. The fourth-order valence-electron chi connectivity index (χ4n) is 6.17. The number of alkyl halides is 3. The molecule has 2 atom stereocenters. The zero-order valence-electron chi connectivity index (χ0n) is 19.7. The van der Waals surface area contributed by atoms with Crippen LogP contribution in [0, 0.1) is 23.2 Å². The molecule has 0 bridgehead atoms. The molecule has 3 aliphatic carbocycles. The molecule has 4 fully saturated rings. The molecular formula is C26H34F3N3O2. The van der Waals surface area contributed by atoms with Crippen molar-refractivity contribution in [2.75, 3.05) is 31.6 Å². The van der Waals surface area contributed by atoms with E-state index in [1.54, 1.807) is 4.90 Å². The number of hydrogen-bond acceptors (Lipinski definition) is 3. The number of nitrogens with zero attached hydrogens (tertiary/aromatic N) is 1. The van der Waals surface area contributed by atoms with Gasteiger partial charge in [-0.2, -0.15) is 13.2 Å². The van der Waals surface area contributed by atoms with Crippen LogP contribution >= 0.6 is 0 Å². The van der Waals surface area contributed by atoms with Crippen molar-refractivity contribution >= 4 is 22.5 Å². The fourth-order valence-corrected chi connectivity index (χ4v) is 6.17. The van der Waals surface area contributed by atoms with E-state index in [-0.39, 0.29) is 11.8 Å². The standard InChI is InChI=1S/C17H20N2O2.C9H14F3N/c1-2-21-12-3-4-14-13(7-12)15(10-18-14)19-16(20)11-8-17(9-11)5-6-17;10-9(11,12)6-13-4-7-2-1-3-8(7)5-13/h3-4,7,10-11,18H,2,5-6,8-9H2,1H3,(H,19,20);7-8H,1-6H2/t;7-,8+. The van der Waals surface area contributed by atoms with Crippen LogP contribution in [0.3, 0.4) is 0 Å². The number of amides is 1. The second kappa shape index (κ2) is 9.10. The van der Waals surface area contributed by atoms with Crippen LogP contribution in [-0.2, 0) is 4.79 Å². The highest BCUT2D eigenvalue weighted by molar-refractivity contribution is 6.03. The first-order chi connectivity index (χ1) is 16.2. The maximum atomic E-state index is 12.3. The smallest absolute Gasteiger partial charge is 0.401 e. The fraction of sp³-hybridized carbons (Fsp3) is 0.654. The van der Waals surface area contributed by atoms with E-state index in [1.807, 2.05) is 31.3 Å². The summed E-state index contributed by atoms with van der Waals surface area (Å²) in [5.41, 5.74) is 2.43. The predicted molar refractivity (Wildman–Crippen MR) is 126 cm³/mol. The van der Waals surface area contributed by atoms with E-state index in [0.29, 0.717) is 36.9 Å². The van der Waals surface area contributed by atoms with Gasteiger partial charge in [0.25, 0.3) is 0 Å². The average molecular weight is 478 g/mol. The Labute approximate surface area is 198 Å². The molecule has 34 heavy (non-hydrogen) atoms. The maximum absolute atomic E-state index is 12.3. The predicted octanol–water partition coefficient (Wildman–Crippen LogP) is 5.98. The van der Waals surface area contributed by atoms with Crippen molar-refractivity contribution in [3.8, 4) is 5.75 Å². The van der Waals surface area contributed by atoms with Gasteiger partial charge in [-0.25, -0.2) is 0 Å². The first-order valence-corrected chi connectivity index (χ1v) is 12.6. The van der Waals surface area contributed by atoms with E-state index in [0.717, 1.165) is 48.0 Å². The molecule has 2 heterocycles. The van der Waals surface area contributed by atoms with Gasteiger partial charge in [-0.15, -0.1) is 0 Å². The summed E-state index contributed by atoms with van der Waals surface area (Å²) in [4.78, 5) is 17.1. The van der Waals surface area contributed by atoms with Gasteiger partial charge in [-0.1, -0.05) is 6.42 Å². The lowest BCUT2D eigenvalue weighted by molar-refractivity contribution is -0.144. The number of H-pyrrole nitrogens is 1. The maximum Gasteiger partial charge on any atom is 0.401 e. The molecule has 1 aromatic heterocycles. The number of halogens is 3. The number of fused-ring (bicyclic) bond motifs is 2. The van der Waals surface area contributed by atoms with E-state index in [2.05, 4.69) is 10.3 Å². The summed E-state index contributed by atoms with van der Waals surface area (Å²) in [6, 6.07) is 5.91. The Kier molecular flexibility index (Phi) is 6.29.